The summed E-state index contributed by atoms with van der Waals surface area (Å²) in [6, 6.07) is 20.1. The summed E-state index contributed by atoms with van der Waals surface area (Å²) in [4.78, 5) is 2.86. The summed E-state index contributed by atoms with van der Waals surface area (Å²) in [6.45, 7) is 0. The molecule has 0 spiro atoms. The van der Waals surface area contributed by atoms with E-state index in [-0.39, 0.29) is 5.75 Å². The van der Waals surface area contributed by atoms with E-state index >= 15 is 0 Å². The molecule has 4 rings (SSSR count). The van der Waals surface area contributed by atoms with Crippen molar-refractivity contribution >= 4 is 10.9 Å². The lowest BCUT2D eigenvalue weighted by Gasteiger charge is -2.19. The number of phenolic OH excluding ortho intramolecular Hbond substituents is 1. The maximum atomic E-state index is 13.8. The molecule has 0 bridgehead atoms. The molecular formula is C18H12FO2S+. The number of aromatic hydroxyl groups is 1. The molecule has 1 aliphatic heterocycles. The number of hydrogen-bond acceptors (Lipinski definition) is 2. The van der Waals surface area contributed by atoms with Gasteiger partial charge in [-0.3, -0.25) is 0 Å². The summed E-state index contributed by atoms with van der Waals surface area (Å²) in [7, 11) is -0.453. The van der Waals surface area contributed by atoms with E-state index in [1.807, 2.05) is 48.5 Å². The Balaban J connectivity index is 1.96. The Labute approximate surface area is 130 Å². The van der Waals surface area contributed by atoms with Gasteiger partial charge < -0.3 is 9.84 Å². The van der Waals surface area contributed by atoms with Crippen LogP contribution in [0.2, 0.25) is 0 Å². The van der Waals surface area contributed by atoms with Crippen molar-refractivity contribution in [2.45, 2.75) is 14.7 Å². The van der Waals surface area contributed by atoms with Crippen molar-refractivity contribution in [3.63, 3.8) is 0 Å². The zero-order chi connectivity index (χ0) is 15.1. The quantitative estimate of drug-likeness (QED) is 0.515. The monoisotopic (exact) mass is 311 g/mol. The maximum absolute atomic E-state index is 13.8. The summed E-state index contributed by atoms with van der Waals surface area (Å²) >= 11 is 0. The number of rotatable bonds is 1. The Morgan fingerprint density at radius 3 is 2.00 bits per heavy atom. The van der Waals surface area contributed by atoms with Crippen LogP contribution in [-0.2, 0) is 10.9 Å². The predicted molar refractivity (Wildman–Crippen MR) is 83.2 cm³/mol. The lowest BCUT2D eigenvalue weighted by Crippen LogP contribution is -2.12. The third-order valence-corrected chi connectivity index (χ3v) is 5.79. The van der Waals surface area contributed by atoms with E-state index in [0.29, 0.717) is 0 Å². The van der Waals surface area contributed by atoms with E-state index in [0.717, 1.165) is 26.2 Å². The van der Waals surface area contributed by atoms with Crippen LogP contribution in [0.4, 0.5) is 4.39 Å². The third-order valence-electron chi connectivity index (χ3n) is 3.51. The topological polar surface area (TPSA) is 29.5 Å². The second-order valence-electron chi connectivity index (χ2n) is 4.91. The molecule has 0 radical (unpaired) electrons. The third kappa shape index (κ3) is 2.04. The van der Waals surface area contributed by atoms with Crippen molar-refractivity contribution < 1.29 is 14.2 Å². The first-order valence-electron chi connectivity index (χ1n) is 6.83. The minimum Gasteiger partial charge on any atom is -0.505 e. The van der Waals surface area contributed by atoms with Crippen LogP contribution in [-0.4, -0.2) is 5.11 Å². The van der Waals surface area contributed by atoms with Crippen molar-refractivity contribution in [2.75, 3.05) is 0 Å². The molecule has 2 nitrogen and oxygen atoms in total. The summed E-state index contributed by atoms with van der Waals surface area (Å²) in [6.07, 6.45) is 0. The second kappa shape index (κ2) is 5.07. The molecule has 3 aromatic rings. The molecule has 4 heteroatoms. The number of fused-ring (bicyclic) bond motifs is 2. The van der Waals surface area contributed by atoms with Crippen molar-refractivity contribution in [1.29, 1.82) is 0 Å². The van der Waals surface area contributed by atoms with Gasteiger partial charge in [0.15, 0.2) is 28.0 Å². The van der Waals surface area contributed by atoms with E-state index in [9.17, 15) is 9.50 Å². The largest absolute Gasteiger partial charge is 0.505 e. The minimum absolute atomic E-state index is 0.331. The van der Waals surface area contributed by atoms with E-state index < -0.39 is 16.7 Å². The maximum Gasteiger partial charge on any atom is 0.209 e. The molecule has 0 aromatic heterocycles. The molecule has 0 atom stereocenters. The van der Waals surface area contributed by atoms with Gasteiger partial charge in [0.1, 0.15) is 10.9 Å². The lowest BCUT2D eigenvalue weighted by molar-refractivity contribution is 0.431. The van der Waals surface area contributed by atoms with Gasteiger partial charge in [-0.05, 0) is 36.4 Å². The fourth-order valence-electron chi connectivity index (χ4n) is 2.51. The van der Waals surface area contributed by atoms with Gasteiger partial charge >= 0.3 is 0 Å². The molecule has 1 N–H and O–H groups in total. The minimum atomic E-state index is -0.605. The Hall–Kier alpha value is -2.46. The van der Waals surface area contributed by atoms with Crippen LogP contribution < -0.4 is 4.74 Å². The first-order chi connectivity index (χ1) is 10.7. The van der Waals surface area contributed by atoms with Crippen molar-refractivity contribution in [3.8, 4) is 17.2 Å². The lowest BCUT2D eigenvalue weighted by atomic mass is 10.3. The van der Waals surface area contributed by atoms with Crippen molar-refractivity contribution in [3.05, 3.63) is 72.5 Å². The average Bonchev–Trinajstić information content (AvgIpc) is 2.55. The van der Waals surface area contributed by atoms with Crippen LogP contribution in [0.25, 0.3) is 0 Å². The number of benzene rings is 3. The molecular weight excluding hydrogens is 299 g/mol. The number of halogens is 1. The zero-order valence-electron chi connectivity index (χ0n) is 11.5. The molecule has 0 unspecified atom stereocenters. The standard InChI is InChI=1S/C18H11FO2S/c19-13-11-12(9-10-14(13)20)22-17-7-3-1-5-15(17)21-16-6-2-4-8-18(16)22/h1-11H/p+1. The van der Waals surface area contributed by atoms with E-state index in [1.54, 1.807) is 6.07 Å². The van der Waals surface area contributed by atoms with Crippen LogP contribution in [0.15, 0.2) is 81.4 Å². The molecule has 3 aromatic carbocycles. The normalized spacial score (nSPS) is 13.1. The Kier molecular flexibility index (Phi) is 3.05. The summed E-state index contributed by atoms with van der Waals surface area (Å²) in [5.41, 5.74) is 0. The van der Waals surface area contributed by atoms with Gasteiger partial charge in [0.05, 0.1) is 0 Å². The smallest absolute Gasteiger partial charge is 0.209 e. The average molecular weight is 311 g/mol. The van der Waals surface area contributed by atoms with Crippen LogP contribution in [0.1, 0.15) is 0 Å². The number of phenols is 1. The van der Waals surface area contributed by atoms with Gasteiger partial charge in [0.25, 0.3) is 0 Å². The number of para-hydroxylation sites is 2. The second-order valence-corrected chi connectivity index (χ2v) is 6.88. The highest BCUT2D eigenvalue weighted by Gasteiger charge is 2.39. The molecule has 0 fully saturated rings. The zero-order valence-corrected chi connectivity index (χ0v) is 12.3. The van der Waals surface area contributed by atoms with Gasteiger partial charge in [0.2, 0.25) is 9.79 Å². The first-order valence-corrected chi connectivity index (χ1v) is 8.05. The Bertz CT molecular complexity index is 818. The molecule has 0 saturated heterocycles. The highest BCUT2D eigenvalue weighted by atomic mass is 32.2. The van der Waals surface area contributed by atoms with Crippen molar-refractivity contribution in [2.24, 2.45) is 0 Å². The van der Waals surface area contributed by atoms with Crippen LogP contribution in [0.3, 0.4) is 0 Å². The highest BCUT2D eigenvalue weighted by Crippen LogP contribution is 2.46. The molecule has 1 heterocycles. The molecule has 0 saturated carbocycles. The SMILES string of the molecule is Oc1ccc([S+]2c3ccccc3Oc3ccccc32)cc1F. The summed E-state index contributed by atoms with van der Waals surface area (Å²) in [5, 5.41) is 9.44. The summed E-state index contributed by atoms with van der Waals surface area (Å²) in [5.74, 6) is 0.643. The van der Waals surface area contributed by atoms with Crippen LogP contribution >= 0.6 is 0 Å². The van der Waals surface area contributed by atoms with Crippen LogP contribution in [0.5, 0.6) is 17.2 Å². The predicted octanol–water partition coefficient (Wildman–Crippen LogP) is 4.73. The molecule has 0 amide bonds. The Morgan fingerprint density at radius 2 is 1.41 bits per heavy atom. The van der Waals surface area contributed by atoms with Crippen LogP contribution in [0, 0.1) is 5.82 Å². The molecule has 1 aliphatic rings. The van der Waals surface area contributed by atoms with Gasteiger partial charge in [-0.1, -0.05) is 24.3 Å². The number of hydrogen-bond donors (Lipinski definition) is 1. The molecule has 0 aliphatic carbocycles. The van der Waals surface area contributed by atoms with E-state index in [4.69, 9.17) is 4.74 Å². The molecule has 108 valence electrons. The summed E-state index contributed by atoms with van der Waals surface area (Å²) < 4.78 is 19.8. The fraction of sp³-hybridized carbons (Fsp3) is 0. The van der Waals surface area contributed by atoms with Gasteiger partial charge in [-0.15, -0.1) is 0 Å². The highest BCUT2D eigenvalue weighted by molar-refractivity contribution is 7.97. The number of ether oxygens (including phenoxy) is 1. The van der Waals surface area contributed by atoms with E-state index in [2.05, 4.69) is 0 Å². The van der Waals surface area contributed by atoms with Crippen molar-refractivity contribution in [1.82, 2.24) is 0 Å². The first kappa shape index (κ1) is 13.2. The van der Waals surface area contributed by atoms with Gasteiger partial charge in [-0.2, -0.15) is 0 Å². The van der Waals surface area contributed by atoms with E-state index in [1.165, 1.54) is 12.1 Å². The van der Waals surface area contributed by atoms with Gasteiger partial charge in [0, 0.05) is 6.07 Å². The van der Waals surface area contributed by atoms with Gasteiger partial charge in [-0.25, -0.2) is 4.39 Å². The fourth-order valence-corrected chi connectivity index (χ4v) is 4.73. The Morgan fingerprint density at radius 1 is 0.818 bits per heavy atom. The molecule has 22 heavy (non-hydrogen) atoms.